The molecule has 1 N–H and O–H groups in total. The van der Waals surface area contributed by atoms with Crippen molar-refractivity contribution >= 4 is 0 Å². The molecule has 0 fully saturated rings. The summed E-state index contributed by atoms with van der Waals surface area (Å²) in [5.74, 6) is 0.392. The molecule has 0 spiro atoms. The van der Waals surface area contributed by atoms with Gasteiger partial charge in [-0.25, -0.2) is 4.39 Å². The predicted octanol–water partition coefficient (Wildman–Crippen LogP) is 3.21. The summed E-state index contributed by atoms with van der Waals surface area (Å²) < 4.78 is 18.1. The van der Waals surface area contributed by atoms with Crippen LogP contribution >= 0.6 is 0 Å². The number of halogens is 1. The molecular formula is C13H11FO2. The lowest BCUT2D eigenvalue weighted by molar-refractivity contribution is 0.412. The van der Waals surface area contributed by atoms with Gasteiger partial charge in [-0.3, -0.25) is 0 Å². The third-order valence-corrected chi connectivity index (χ3v) is 2.34. The fourth-order valence-electron chi connectivity index (χ4n) is 1.53. The molecule has 0 bridgehead atoms. The highest BCUT2D eigenvalue weighted by Crippen LogP contribution is 2.32. The molecule has 16 heavy (non-hydrogen) atoms. The van der Waals surface area contributed by atoms with Gasteiger partial charge in [0.15, 0.2) is 0 Å². The van der Waals surface area contributed by atoms with E-state index in [4.69, 9.17) is 4.74 Å². The van der Waals surface area contributed by atoms with Crippen LogP contribution in [0.1, 0.15) is 0 Å². The van der Waals surface area contributed by atoms with Gasteiger partial charge in [0.05, 0.1) is 7.11 Å². The Morgan fingerprint density at radius 2 is 1.94 bits per heavy atom. The van der Waals surface area contributed by atoms with Crippen molar-refractivity contribution in [1.29, 1.82) is 0 Å². The van der Waals surface area contributed by atoms with E-state index in [1.807, 2.05) is 0 Å². The first-order chi connectivity index (χ1) is 7.70. The van der Waals surface area contributed by atoms with Gasteiger partial charge in [-0.15, -0.1) is 0 Å². The molecule has 0 aliphatic rings. The van der Waals surface area contributed by atoms with Crippen LogP contribution in [0.5, 0.6) is 11.5 Å². The van der Waals surface area contributed by atoms with E-state index in [2.05, 4.69) is 0 Å². The Bertz CT molecular complexity index is 509. The molecular weight excluding hydrogens is 207 g/mol. The minimum atomic E-state index is -0.334. The second-order valence-electron chi connectivity index (χ2n) is 3.39. The number of hydrogen-bond donors (Lipinski definition) is 1. The summed E-state index contributed by atoms with van der Waals surface area (Å²) in [6.07, 6.45) is 0. The second-order valence-corrected chi connectivity index (χ2v) is 3.39. The number of ether oxygens (including phenoxy) is 1. The van der Waals surface area contributed by atoms with E-state index >= 15 is 0 Å². The highest BCUT2D eigenvalue weighted by Gasteiger charge is 2.06. The number of hydrogen-bond acceptors (Lipinski definition) is 2. The van der Waals surface area contributed by atoms with Crippen molar-refractivity contribution in [3.05, 3.63) is 48.3 Å². The molecule has 2 rings (SSSR count). The van der Waals surface area contributed by atoms with E-state index in [-0.39, 0.29) is 11.6 Å². The Morgan fingerprint density at radius 3 is 2.62 bits per heavy atom. The molecule has 2 nitrogen and oxygen atoms in total. The fourth-order valence-corrected chi connectivity index (χ4v) is 1.53. The van der Waals surface area contributed by atoms with Crippen LogP contribution < -0.4 is 4.74 Å². The van der Waals surface area contributed by atoms with Gasteiger partial charge in [0.2, 0.25) is 0 Å². The number of phenols is 1. The van der Waals surface area contributed by atoms with Gasteiger partial charge in [0, 0.05) is 5.56 Å². The summed E-state index contributed by atoms with van der Waals surface area (Å²) in [5.41, 5.74) is 1.18. The molecule has 0 aliphatic carbocycles. The lowest BCUT2D eigenvalue weighted by Crippen LogP contribution is -1.85. The summed E-state index contributed by atoms with van der Waals surface area (Å²) in [5, 5.41) is 9.70. The molecule has 0 radical (unpaired) electrons. The molecule has 82 valence electrons. The van der Waals surface area contributed by atoms with Gasteiger partial charge in [0.25, 0.3) is 0 Å². The summed E-state index contributed by atoms with van der Waals surface area (Å²) in [7, 11) is 1.54. The minimum absolute atomic E-state index is 0.103. The number of methoxy groups -OCH3 is 1. The first-order valence-corrected chi connectivity index (χ1v) is 4.83. The topological polar surface area (TPSA) is 29.5 Å². The fraction of sp³-hybridized carbons (Fsp3) is 0.0769. The lowest BCUT2D eigenvalue weighted by Gasteiger charge is -2.07. The van der Waals surface area contributed by atoms with Gasteiger partial charge in [-0.1, -0.05) is 12.1 Å². The Morgan fingerprint density at radius 1 is 1.12 bits per heavy atom. The van der Waals surface area contributed by atoms with Gasteiger partial charge in [-0.2, -0.15) is 0 Å². The van der Waals surface area contributed by atoms with E-state index in [0.717, 1.165) is 0 Å². The smallest absolute Gasteiger partial charge is 0.123 e. The summed E-state index contributed by atoms with van der Waals surface area (Å²) in [6, 6.07) is 10.9. The van der Waals surface area contributed by atoms with Crippen molar-refractivity contribution in [2.45, 2.75) is 0 Å². The zero-order valence-corrected chi connectivity index (χ0v) is 8.77. The van der Waals surface area contributed by atoms with E-state index in [1.54, 1.807) is 31.4 Å². The average molecular weight is 218 g/mol. The molecule has 0 amide bonds. The van der Waals surface area contributed by atoms with Gasteiger partial charge < -0.3 is 9.84 Å². The Kier molecular flexibility index (Phi) is 2.77. The Labute approximate surface area is 92.9 Å². The third kappa shape index (κ3) is 1.98. The average Bonchev–Trinajstić information content (AvgIpc) is 2.30. The van der Waals surface area contributed by atoms with Crippen LogP contribution in [-0.2, 0) is 0 Å². The molecule has 0 saturated carbocycles. The number of aromatic hydroxyl groups is 1. The van der Waals surface area contributed by atoms with Crippen LogP contribution in [0.25, 0.3) is 11.1 Å². The van der Waals surface area contributed by atoms with E-state index in [0.29, 0.717) is 16.9 Å². The van der Waals surface area contributed by atoms with Gasteiger partial charge in [-0.05, 0) is 35.9 Å². The number of benzene rings is 2. The molecule has 0 atom stereocenters. The molecule has 0 aromatic heterocycles. The van der Waals surface area contributed by atoms with E-state index in [1.165, 1.54) is 18.2 Å². The summed E-state index contributed by atoms with van der Waals surface area (Å²) in [4.78, 5) is 0. The molecule has 3 heteroatoms. The first kappa shape index (κ1) is 10.5. The number of rotatable bonds is 2. The van der Waals surface area contributed by atoms with Crippen LogP contribution in [0.3, 0.4) is 0 Å². The van der Waals surface area contributed by atoms with Crippen LogP contribution in [0, 0.1) is 5.82 Å². The Hall–Kier alpha value is -2.03. The van der Waals surface area contributed by atoms with E-state index in [9.17, 15) is 9.50 Å². The largest absolute Gasteiger partial charge is 0.507 e. The maximum atomic E-state index is 13.1. The van der Waals surface area contributed by atoms with Crippen LogP contribution in [0.4, 0.5) is 4.39 Å². The zero-order chi connectivity index (χ0) is 11.5. The second kappa shape index (κ2) is 4.23. The SMILES string of the molecule is COc1ccc(O)c(-c2cccc(F)c2)c1. The molecule has 2 aromatic rings. The Balaban J connectivity index is 2.54. The van der Waals surface area contributed by atoms with Gasteiger partial charge in [0.1, 0.15) is 17.3 Å². The molecule has 0 heterocycles. The monoisotopic (exact) mass is 218 g/mol. The standard InChI is InChI=1S/C13H11FO2/c1-16-11-5-6-13(15)12(8-11)9-3-2-4-10(14)7-9/h2-8,15H,1H3. The van der Waals surface area contributed by atoms with Crippen LogP contribution in [0.2, 0.25) is 0 Å². The van der Waals surface area contributed by atoms with Crippen molar-refractivity contribution < 1.29 is 14.2 Å². The lowest BCUT2D eigenvalue weighted by atomic mass is 10.0. The van der Waals surface area contributed by atoms with E-state index < -0.39 is 0 Å². The zero-order valence-electron chi connectivity index (χ0n) is 8.77. The van der Waals surface area contributed by atoms with Crippen molar-refractivity contribution in [3.63, 3.8) is 0 Å². The highest BCUT2D eigenvalue weighted by molar-refractivity contribution is 5.71. The molecule has 0 saturated heterocycles. The third-order valence-electron chi connectivity index (χ3n) is 2.34. The van der Waals surface area contributed by atoms with Crippen molar-refractivity contribution in [2.24, 2.45) is 0 Å². The quantitative estimate of drug-likeness (QED) is 0.838. The number of phenolic OH excluding ortho intramolecular Hbond substituents is 1. The van der Waals surface area contributed by atoms with Crippen molar-refractivity contribution in [2.75, 3.05) is 7.11 Å². The van der Waals surface area contributed by atoms with Crippen LogP contribution in [0.15, 0.2) is 42.5 Å². The maximum absolute atomic E-state index is 13.1. The van der Waals surface area contributed by atoms with Crippen molar-refractivity contribution in [3.8, 4) is 22.6 Å². The highest BCUT2D eigenvalue weighted by atomic mass is 19.1. The normalized spacial score (nSPS) is 10.1. The van der Waals surface area contributed by atoms with Crippen LogP contribution in [-0.4, -0.2) is 12.2 Å². The molecule has 2 aromatic carbocycles. The molecule has 0 unspecified atom stereocenters. The van der Waals surface area contributed by atoms with Crippen molar-refractivity contribution in [1.82, 2.24) is 0 Å². The predicted molar refractivity (Wildman–Crippen MR) is 60.1 cm³/mol. The maximum Gasteiger partial charge on any atom is 0.123 e. The minimum Gasteiger partial charge on any atom is -0.507 e. The van der Waals surface area contributed by atoms with Gasteiger partial charge >= 0.3 is 0 Å². The molecule has 0 aliphatic heterocycles. The summed E-state index contributed by atoms with van der Waals surface area (Å²) >= 11 is 0. The summed E-state index contributed by atoms with van der Waals surface area (Å²) in [6.45, 7) is 0. The first-order valence-electron chi connectivity index (χ1n) is 4.83.